The first-order valence-electron chi connectivity index (χ1n) is 9.29. The van der Waals surface area contributed by atoms with E-state index in [0.29, 0.717) is 18.2 Å². The number of benzene rings is 1. The fourth-order valence-electron chi connectivity index (χ4n) is 3.88. The molecule has 1 aromatic carbocycles. The van der Waals surface area contributed by atoms with Gasteiger partial charge in [0.25, 0.3) is 0 Å². The van der Waals surface area contributed by atoms with E-state index in [1.807, 2.05) is 11.0 Å². The zero-order chi connectivity index (χ0) is 17.6. The smallest absolute Gasteiger partial charge is 0.317 e. The van der Waals surface area contributed by atoms with E-state index in [1.165, 1.54) is 32.4 Å². The summed E-state index contributed by atoms with van der Waals surface area (Å²) in [7, 11) is 0. The van der Waals surface area contributed by atoms with Gasteiger partial charge in [0.2, 0.25) is 5.91 Å². The SMILES string of the molecule is NC(=O)c1cccc(CNC(=O)N2CCCC(N3CCCC3)CC2)c1. The number of hydrogen-bond acceptors (Lipinski definition) is 3. The molecule has 1 atom stereocenters. The number of urea groups is 1. The Morgan fingerprint density at radius 3 is 2.64 bits per heavy atom. The number of hydrogen-bond donors (Lipinski definition) is 2. The number of nitrogens with zero attached hydrogens (tertiary/aromatic N) is 2. The third kappa shape index (κ3) is 4.72. The normalized spacial score (nSPS) is 21.8. The van der Waals surface area contributed by atoms with E-state index >= 15 is 0 Å². The molecule has 0 aromatic heterocycles. The van der Waals surface area contributed by atoms with Crippen LogP contribution in [0.3, 0.4) is 0 Å². The van der Waals surface area contributed by atoms with Crippen molar-refractivity contribution in [3.63, 3.8) is 0 Å². The van der Waals surface area contributed by atoms with Gasteiger partial charge in [-0.05, 0) is 62.9 Å². The lowest BCUT2D eigenvalue weighted by atomic mass is 10.1. The Bertz CT molecular complexity index is 613. The van der Waals surface area contributed by atoms with Gasteiger partial charge in [-0.1, -0.05) is 12.1 Å². The maximum absolute atomic E-state index is 12.5. The standard InChI is InChI=1S/C19H28N4O2/c20-18(24)16-6-3-5-15(13-16)14-21-19(25)23-11-4-7-17(8-12-23)22-9-1-2-10-22/h3,5-6,13,17H,1-2,4,7-12,14H2,(H2,20,24)(H,21,25). The molecule has 0 saturated carbocycles. The predicted molar refractivity (Wildman–Crippen MR) is 97.2 cm³/mol. The van der Waals surface area contributed by atoms with Crippen molar-refractivity contribution in [1.29, 1.82) is 0 Å². The second kappa shape index (κ2) is 8.34. The minimum absolute atomic E-state index is 0.0217. The molecule has 0 aliphatic carbocycles. The number of nitrogens with two attached hydrogens (primary N) is 1. The number of amides is 3. The Morgan fingerprint density at radius 2 is 1.88 bits per heavy atom. The van der Waals surface area contributed by atoms with Gasteiger partial charge in [0.1, 0.15) is 0 Å². The van der Waals surface area contributed by atoms with Crippen LogP contribution < -0.4 is 11.1 Å². The van der Waals surface area contributed by atoms with Gasteiger partial charge in [-0.2, -0.15) is 0 Å². The molecule has 2 aliphatic heterocycles. The fourth-order valence-corrected chi connectivity index (χ4v) is 3.88. The lowest BCUT2D eigenvalue weighted by Crippen LogP contribution is -2.41. The van der Waals surface area contributed by atoms with Gasteiger partial charge >= 0.3 is 6.03 Å². The molecule has 0 bridgehead atoms. The summed E-state index contributed by atoms with van der Waals surface area (Å²) in [5.74, 6) is -0.450. The van der Waals surface area contributed by atoms with Crippen molar-refractivity contribution < 1.29 is 9.59 Å². The van der Waals surface area contributed by atoms with E-state index in [9.17, 15) is 9.59 Å². The molecule has 136 valence electrons. The summed E-state index contributed by atoms with van der Waals surface area (Å²) in [6, 6.07) is 7.70. The van der Waals surface area contributed by atoms with Crippen LogP contribution in [0, 0.1) is 0 Å². The van der Waals surface area contributed by atoms with Crippen LogP contribution in [0.1, 0.15) is 48.0 Å². The summed E-state index contributed by atoms with van der Waals surface area (Å²) >= 11 is 0. The lowest BCUT2D eigenvalue weighted by molar-refractivity contribution is 0.1000. The number of nitrogens with one attached hydrogen (secondary N) is 1. The molecule has 2 aliphatic rings. The summed E-state index contributed by atoms with van der Waals surface area (Å²) in [6.07, 6.45) is 5.93. The highest BCUT2D eigenvalue weighted by Crippen LogP contribution is 2.21. The molecular weight excluding hydrogens is 316 g/mol. The van der Waals surface area contributed by atoms with Gasteiger partial charge < -0.3 is 20.9 Å². The second-order valence-corrected chi connectivity index (χ2v) is 7.04. The zero-order valence-electron chi connectivity index (χ0n) is 14.7. The molecule has 1 aromatic rings. The number of rotatable bonds is 4. The van der Waals surface area contributed by atoms with Crippen molar-refractivity contribution in [2.24, 2.45) is 5.73 Å². The van der Waals surface area contributed by atoms with Gasteiger partial charge in [-0.25, -0.2) is 4.79 Å². The Morgan fingerprint density at radius 1 is 1.08 bits per heavy atom. The van der Waals surface area contributed by atoms with Crippen molar-refractivity contribution in [3.05, 3.63) is 35.4 Å². The van der Waals surface area contributed by atoms with Crippen molar-refractivity contribution in [2.45, 2.75) is 44.7 Å². The Labute approximate surface area is 149 Å². The zero-order valence-corrected chi connectivity index (χ0v) is 14.7. The van der Waals surface area contributed by atoms with Crippen molar-refractivity contribution in [1.82, 2.24) is 15.1 Å². The topological polar surface area (TPSA) is 78.7 Å². The molecule has 6 nitrogen and oxygen atoms in total. The third-order valence-electron chi connectivity index (χ3n) is 5.30. The first kappa shape index (κ1) is 17.7. The minimum Gasteiger partial charge on any atom is -0.366 e. The average Bonchev–Trinajstić information content (AvgIpc) is 3.04. The molecule has 2 fully saturated rings. The average molecular weight is 344 g/mol. The number of carbonyl (C=O) groups excluding carboxylic acids is 2. The summed E-state index contributed by atoms with van der Waals surface area (Å²) in [5, 5.41) is 2.97. The molecule has 1 unspecified atom stereocenters. The maximum Gasteiger partial charge on any atom is 0.317 e. The quantitative estimate of drug-likeness (QED) is 0.876. The number of likely N-dealkylation sites (tertiary alicyclic amines) is 2. The van der Waals surface area contributed by atoms with Gasteiger partial charge in [0.15, 0.2) is 0 Å². The van der Waals surface area contributed by atoms with Crippen molar-refractivity contribution in [3.8, 4) is 0 Å². The first-order valence-corrected chi connectivity index (χ1v) is 9.29. The molecule has 3 amide bonds. The van der Waals surface area contributed by atoms with E-state index in [2.05, 4.69) is 10.2 Å². The van der Waals surface area contributed by atoms with Crippen LogP contribution in [0.5, 0.6) is 0 Å². The van der Waals surface area contributed by atoms with Gasteiger partial charge in [-0.3, -0.25) is 4.79 Å². The second-order valence-electron chi connectivity index (χ2n) is 7.04. The summed E-state index contributed by atoms with van der Waals surface area (Å²) < 4.78 is 0. The summed E-state index contributed by atoms with van der Waals surface area (Å²) in [4.78, 5) is 28.2. The van der Waals surface area contributed by atoms with Crippen LogP contribution in [-0.4, -0.2) is 54.0 Å². The molecule has 0 radical (unpaired) electrons. The van der Waals surface area contributed by atoms with Crippen molar-refractivity contribution in [2.75, 3.05) is 26.2 Å². The van der Waals surface area contributed by atoms with Gasteiger partial charge in [-0.15, -0.1) is 0 Å². The van der Waals surface area contributed by atoms with Crippen molar-refractivity contribution >= 4 is 11.9 Å². The van der Waals surface area contributed by atoms with E-state index in [-0.39, 0.29) is 6.03 Å². The van der Waals surface area contributed by atoms with Crippen LogP contribution >= 0.6 is 0 Å². The molecule has 2 saturated heterocycles. The lowest BCUT2D eigenvalue weighted by Gasteiger charge is -2.26. The van der Waals surface area contributed by atoms with Gasteiger partial charge in [0.05, 0.1) is 0 Å². The molecule has 0 spiro atoms. The monoisotopic (exact) mass is 344 g/mol. The minimum atomic E-state index is -0.450. The number of carbonyl (C=O) groups is 2. The maximum atomic E-state index is 12.5. The van der Waals surface area contributed by atoms with E-state index in [0.717, 1.165) is 31.5 Å². The molecule has 3 rings (SSSR count). The molecule has 25 heavy (non-hydrogen) atoms. The highest BCUT2D eigenvalue weighted by Gasteiger charge is 2.26. The van der Waals surface area contributed by atoms with Crippen LogP contribution in [-0.2, 0) is 6.54 Å². The highest BCUT2D eigenvalue weighted by atomic mass is 16.2. The highest BCUT2D eigenvalue weighted by molar-refractivity contribution is 5.92. The number of primary amides is 1. The van der Waals surface area contributed by atoms with Gasteiger partial charge in [0, 0.05) is 31.2 Å². The molecule has 3 N–H and O–H groups in total. The van der Waals surface area contributed by atoms with E-state index in [1.54, 1.807) is 18.2 Å². The Balaban J connectivity index is 1.49. The third-order valence-corrected chi connectivity index (χ3v) is 5.30. The van der Waals surface area contributed by atoms with Crippen LogP contribution in [0.4, 0.5) is 4.79 Å². The first-order chi connectivity index (χ1) is 12.1. The molecule has 6 heteroatoms. The fraction of sp³-hybridized carbons (Fsp3) is 0.579. The Kier molecular flexibility index (Phi) is 5.91. The van der Waals surface area contributed by atoms with Crippen LogP contribution in [0.25, 0.3) is 0 Å². The van der Waals surface area contributed by atoms with Crippen LogP contribution in [0.15, 0.2) is 24.3 Å². The predicted octanol–water partition coefficient (Wildman–Crippen LogP) is 1.95. The largest absolute Gasteiger partial charge is 0.366 e. The van der Waals surface area contributed by atoms with E-state index < -0.39 is 5.91 Å². The van der Waals surface area contributed by atoms with Crippen LogP contribution in [0.2, 0.25) is 0 Å². The summed E-state index contributed by atoms with van der Waals surface area (Å²) in [5.41, 5.74) is 6.65. The molecular formula is C19H28N4O2. The molecule has 2 heterocycles. The summed E-state index contributed by atoms with van der Waals surface area (Å²) in [6.45, 7) is 4.47. The Hall–Kier alpha value is -2.08. The van der Waals surface area contributed by atoms with E-state index in [4.69, 9.17) is 5.73 Å².